The first kappa shape index (κ1) is 22.0. The highest BCUT2D eigenvalue weighted by Gasteiger charge is 2.45. The van der Waals surface area contributed by atoms with Gasteiger partial charge < -0.3 is 19.1 Å². The Bertz CT molecular complexity index is 1310. The highest BCUT2D eigenvalue weighted by molar-refractivity contribution is 6.03. The minimum atomic E-state index is -1.11. The molecule has 5 nitrogen and oxygen atoms in total. The summed E-state index contributed by atoms with van der Waals surface area (Å²) in [5.41, 5.74) is 3.21. The van der Waals surface area contributed by atoms with E-state index in [2.05, 4.69) is 0 Å². The molecule has 0 spiro atoms. The summed E-state index contributed by atoms with van der Waals surface area (Å²) in [7, 11) is 0. The maximum atomic E-state index is 13.8. The van der Waals surface area contributed by atoms with Gasteiger partial charge in [-0.2, -0.15) is 0 Å². The molecule has 2 heterocycles. The van der Waals surface area contributed by atoms with Crippen molar-refractivity contribution in [3.05, 3.63) is 114 Å². The molecule has 0 fully saturated rings. The molecule has 1 atom stereocenters. The third-order valence-corrected chi connectivity index (χ3v) is 6.38. The Morgan fingerprint density at radius 3 is 2.56 bits per heavy atom. The molecule has 1 aliphatic rings. The normalized spacial score (nSPS) is 16.8. The van der Waals surface area contributed by atoms with Gasteiger partial charge in [-0.25, -0.2) is 0 Å². The van der Waals surface area contributed by atoms with Crippen molar-refractivity contribution in [2.75, 3.05) is 6.61 Å². The molecule has 172 valence electrons. The quantitative estimate of drug-likeness (QED) is 0.403. The van der Waals surface area contributed by atoms with Gasteiger partial charge in [-0.15, -0.1) is 0 Å². The van der Waals surface area contributed by atoms with Crippen LogP contribution in [0.2, 0.25) is 0 Å². The zero-order chi connectivity index (χ0) is 23.5. The van der Waals surface area contributed by atoms with Gasteiger partial charge in [0.15, 0.2) is 5.60 Å². The topological polar surface area (TPSA) is 60.7 Å². The molecule has 0 radical (unpaired) electrons. The molecular weight excluding hydrogens is 426 g/mol. The van der Waals surface area contributed by atoms with E-state index in [1.54, 1.807) is 0 Å². The molecule has 0 aliphatic carbocycles. The lowest BCUT2D eigenvalue weighted by Crippen LogP contribution is -2.41. The number of ether oxygens (including phenoxy) is 2. The van der Waals surface area contributed by atoms with Crippen LogP contribution in [-0.4, -0.2) is 22.1 Å². The Hall–Kier alpha value is -3.83. The van der Waals surface area contributed by atoms with Gasteiger partial charge in [0, 0.05) is 18.4 Å². The largest absolute Gasteiger partial charge is 0.489 e. The molecule has 5 heteroatoms. The maximum absolute atomic E-state index is 13.8. The lowest BCUT2D eigenvalue weighted by Gasteiger charge is -2.31. The van der Waals surface area contributed by atoms with Gasteiger partial charge in [-0.1, -0.05) is 55.5 Å². The van der Waals surface area contributed by atoms with Crippen molar-refractivity contribution in [2.45, 2.75) is 32.0 Å². The number of aliphatic hydroxyl groups is 1. The fraction of sp³-hybridized carbons (Fsp3) is 0.207. The molecule has 34 heavy (non-hydrogen) atoms. The van der Waals surface area contributed by atoms with Crippen LogP contribution in [-0.2, 0) is 18.6 Å². The molecule has 1 aromatic heterocycles. The van der Waals surface area contributed by atoms with E-state index >= 15 is 0 Å². The minimum absolute atomic E-state index is 0.0547. The second-order valence-electron chi connectivity index (χ2n) is 8.45. The summed E-state index contributed by atoms with van der Waals surface area (Å²) in [5, 5.41) is 9.15. The Kier molecular flexibility index (Phi) is 5.95. The summed E-state index contributed by atoms with van der Waals surface area (Å²) < 4.78 is 14.4. The van der Waals surface area contributed by atoms with E-state index in [0.29, 0.717) is 30.9 Å². The predicted molar refractivity (Wildman–Crippen MR) is 131 cm³/mol. The summed E-state index contributed by atoms with van der Waals surface area (Å²) in [6.07, 6.45) is 3.00. The zero-order valence-corrected chi connectivity index (χ0v) is 19.1. The van der Waals surface area contributed by atoms with Gasteiger partial charge in [0.1, 0.15) is 18.1 Å². The Labute approximate surface area is 199 Å². The fourth-order valence-electron chi connectivity index (χ4n) is 4.54. The molecule has 5 rings (SSSR count). The van der Waals surface area contributed by atoms with Crippen LogP contribution in [0, 0.1) is 0 Å². The van der Waals surface area contributed by atoms with E-state index in [-0.39, 0.29) is 12.4 Å². The second-order valence-corrected chi connectivity index (χ2v) is 8.45. The summed E-state index contributed by atoms with van der Waals surface area (Å²) in [5.74, 6) is 1.39. The zero-order valence-electron chi connectivity index (χ0n) is 19.1. The standard InChI is InChI=1S/C29H27NO4/c1-2-29(28(32)26-10-6-17-30(26)25-9-3-4-11-27(25)34-29)23-14-12-22(13-15-23)20-33-24-8-5-7-21(19-24)16-18-31/h3-15,17,19,31H,2,16,18,20H2,1H3. The summed E-state index contributed by atoms with van der Waals surface area (Å²) in [4.78, 5) is 13.8. The smallest absolute Gasteiger partial charge is 0.227 e. The van der Waals surface area contributed by atoms with Crippen LogP contribution in [0.25, 0.3) is 5.69 Å². The first-order valence-electron chi connectivity index (χ1n) is 11.6. The number of benzene rings is 3. The van der Waals surface area contributed by atoms with Crippen LogP contribution in [0.3, 0.4) is 0 Å². The van der Waals surface area contributed by atoms with Crippen molar-refractivity contribution in [1.29, 1.82) is 0 Å². The highest BCUT2D eigenvalue weighted by atomic mass is 16.5. The first-order valence-corrected chi connectivity index (χ1v) is 11.6. The van der Waals surface area contributed by atoms with Gasteiger partial charge in [-0.05, 0) is 60.4 Å². The number of hydrogen-bond acceptors (Lipinski definition) is 4. The molecule has 0 amide bonds. The molecule has 1 aliphatic heterocycles. The highest BCUT2D eigenvalue weighted by Crippen LogP contribution is 2.41. The monoisotopic (exact) mass is 453 g/mol. The van der Waals surface area contributed by atoms with E-state index < -0.39 is 5.60 Å². The van der Waals surface area contributed by atoms with E-state index in [1.165, 1.54) is 0 Å². The van der Waals surface area contributed by atoms with Gasteiger partial charge in [0.05, 0.1) is 11.4 Å². The number of Topliss-reactive ketones (excluding diaryl/α,β-unsaturated/α-hetero) is 1. The summed E-state index contributed by atoms with van der Waals surface area (Å²) in [6.45, 7) is 2.50. The van der Waals surface area contributed by atoms with Gasteiger partial charge >= 0.3 is 0 Å². The van der Waals surface area contributed by atoms with Crippen LogP contribution in [0.1, 0.15) is 40.5 Å². The Morgan fingerprint density at radius 2 is 1.76 bits per heavy atom. The average molecular weight is 454 g/mol. The average Bonchev–Trinajstić information content (AvgIpc) is 3.33. The molecular formula is C29H27NO4. The van der Waals surface area contributed by atoms with E-state index in [9.17, 15) is 4.79 Å². The van der Waals surface area contributed by atoms with E-state index in [4.69, 9.17) is 14.6 Å². The lowest BCUT2D eigenvalue weighted by atomic mass is 9.84. The SMILES string of the molecule is CCC1(c2ccc(COc3cccc(CCO)c3)cc2)Oc2ccccc2-n2cccc2C1=O. The first-order chi connectivity index (χ1) is 16.6. The number of hydrogen-bond donors (Lipinski definition) is 1. The number of fused-ring (bicyclic) bond motifs is 3. The third-order valence-electron chi connectivity index (χ3n) is 6.38. The second kappa shape index (κ2) is 9.20. The van der Waals surface area contributed by atoms with Crippen molar-refractivity contribution < 1.29 is 19.4 Å². The molecule has 0 saturated carbocycles. The number of carbonyl (C=O) groups excluding carboxylic acids is 1. The molecule has 3 aromatic carbocycles. The van der Waals surface area contributed by atoms with Gasteiger partial charge in [-0.3, -0.25) is 4.79 Å². The van der Waals surface area contributed by atoms with Crippen LogP contribution >= 0.6 is 0 Å². The Morgan fingerprint density at radius 1 is 0.941 bits per heavy atom. The number of aliphatic hydroxyl groups excluding tert-OH is 1. The molecule has 0 saturated heterocycles. The van der Waals surface area contributed by atoms with Gasteiger partial charge in [0.2, 0.25) is 5.78 Å². The van der Waals surface area contributed by atoms with Crippen LogP contribution in [0.4, 0.5) is 0 Å². The van der Waals surface area contributed by atoms with Crippen molar-refractivity contribution in [3.63, 3.8) is 0 Å². The van der Waals surface area contributed by atoms with E-state index in [0.717, 1.165) is 28.1 Å². The number of ketones is 1. The number of rotatable bonds is 7. The van der Waals surface area contributed by atoms with Crippen molar-refractivity contribution >= 4 is 5.78 Å². The fourth-order valence-corrected chi connectivity index (χ4v) is 4.54. The van der Waals surface area contributed by atoms with E-state index in [1.807, 2.05) is 103 Å². The lowest BCUT2D eigenvalue weighted by molar-refractivity contribution is 0.0424. The third kappa shape index (κ3) is 3.88. The number of aromatic nitrogens is 1. The summed E-state index contributed by atoms with van der Waals surface area (Å²) in [6, 6.07) is 27.1. The van der Waals surface area contributed by atoms with Gasteiger partial charge in [0.25, 0.3) is 0 Å². The molecule has 1 unspecified atom stereocenters. The Balaban J connectivity index is 1.43. The number of carbonyl (C=O) groups is 1. The number of para-hydroxylation sites is 2. The van der Waals surface area contributed by atoms with Crippen LogP contribution in [0.15, 0.2) is 91.1 Å². The van der Waals surface area contributed by atoms with Crippen molar-refractivity contribution in [3.8, 4) is 17.2 Å². The van der Waals surface area contributed by atoms with Crippen molar-refractivity contribution in [1.82, 2.24) is 4.57 Å². The maximum Gasteiger partial charge on any atom is 0.227 e. The number of nitrogens with zero attached hydrogens (tertiary/aromatic N) is 1. The van der Waals surface area contributed by atoms with Crippen molar-refractivity contribution in [2.24, 2.45) is 0 Å². The molecule has 1 N–H and O–H groups in total. The predicted octanol–water partition coefficient (Wildman–Crippen LogP) is 5.47. The van der Waals surface area contributed by atoms with Crippen LogP contribution < -0.4 is 9.47 Å². The minimum Gasteiger partial charge on any atom is -0.489 e. The summed E-state index contributed by atoms with van der Waals surface area (Å²) >= 11 is 0. The molecule has 4 aromatic rings. The molecule has 0 bridgehead atoms. The van der Waals surface area contributed by atoms with Crippen LogP contribution in [0.5, 0.6) is 11.5 Å².